The van der Waals surface area contributed by atoms with E-state index in [2.05, 4.69) is 4.74 Å². The van der Waals surface area contributed by atoms with Crippen LogP contribution < -0.4 is 5.11 Å². The fraction of sp³-hybridized carbons (Fsp3) is 0.778. The van der Waals surface area contributed by atoms with Gasteiger partial charge in [0, 0.05) is 19.3 Å². The molecule has 0 aliphatic heterocycles. The van der Waals surface area contributed by atoms with Gasteiger partial charge in [0.15, 0.2) is 6.08 Å². The molecule has 0 heterocycles. The number of hydrogen-bond acceptors (Lipinski definition) is 4. The standard InChI is InChI=1S/C9H17NO4/c1-7(11)14-8(5-9(12)13)6-10(2,3)4/h8H,5-6H2,1-4H3/t8-/m1/s1/i6D2,8D. The van der Waals surface area contributed by atoms with Gasteiger partial charge in [-0.15, -0.1) is 0 Å². The Bertz CT molecular complexity index is 309. The van der Waals surface area contributed by atoms with E-state index in [9.17, 15) is 14.7 Å². The number of esters is 1. The van der Waals surface area contributed by atoms with E-state index in [0.29, 0.717) is 0 Å². The van der Waals surface area contributed by atoms with Crippen molar-refractivity contribution in [3.8, 4) is 0 Å². The molecule has 0 spiro atoms. The lowest BCUT2D eigenvalue weighted by atomic mass is 10.2. The van der Waals surface area contributed by atoms with Gasteiger partial charge in [-0.25, -0.2) is 0 Å². The molecule has 0 aliphatic carbocycles. The Morgan fingerprint density at radius 2 is 2.07 bits per heavy atom. The van der Waals surface area contributed by atoms with Crippen LogP contribution in [-0.4, -0.2) is 50.1 Å². The van der Waals surface area contributed by atoms with Gasteiger partial charge < -0.3 is 19.1 Å². The molecular formula is C9H17NO4. The zero-order valence-electron chi connectivity index (χ0n) is 11.8. The summed E-state index contributed by atoms with van der Waals surface area (Å²) >= 11 is 0. The molecule has 0 saturated carbocycles. The molecule has 0 radical (unpaired) electrons. The summed E-state index contributed by atoms with van der Waals surface area (Å²) < 4.78 is 27.6. The summed E-state index contributed by atoms with van der Waals surface area (Å²) in [5.41, 5.74) is 0. The fourth-order valence-corrected chi connectivity index (χ4v) is 0.777. The molecule has 5 nitrogen and oxygen atoms in total. The van der Waals surface area contributed by atoms with Crippen molar-refractivity contribution in [1.82, 2.24) is 0 Å². The first-order valence-corrected chi connectivity index (χ1v) is 4.04. The SMILES string of the molecule is [2H]C([2H])([C@@]([2H])(CC(=O)[O-])OC(C)=O)[N+](C)(C)C. The third-order valence-corrected chi connectivity index (χ3v) is 1.03. The van der Waals surface area contributed by atoms with Crippen LogP contribution in [0.4, 0.5) is 0 Å². The van der Waals surface area contributed by atoms with Gasteiger partial charge in [0.25, 0.3) is 0 Å². The van der Waals surface area contributed by atoms with Crippen LogP contribution in [0.25, 0.3) is 0 Å². The van der Waals surface area contributed by atoms with Crippen molar-refractivity contribution in [3.63, 3.8) is 0 Å². The highest BCUT2D eigenvalue weighted by Gasteiger charge is 2.20. The summed E-state index contributed by atoms with van der Waals surface area (Å²) in [7, 11) is 4.30. The quantitative estimate of drug-likeness (QED) is 0.417. The molecular weight excluding hydrogens is 186 g/mol. The second-order valence-electron chi connectivity index (χ2n) is 3.69. The minimum absolute atomic E-state index is 0.392. The first-order chi connectivity index (χ1) is 7.33. The van der Waals surface area contributed by atoms with Gasteiger partial charge >= 0.3 is 5.97 Å². The summed E-state index contributed by atoms with van der Waals surface area (Å²) in [6, 6.07) is 0. The van der Waals surface area contributed by atoms with Crippen molar-refractivity contribution in [2.75, 3.05) is 27.6 Å². The van der Waals surface area contributed by atoms with Gasteiger partial charge in [-0.2, -0.15) is 0 Å². The normalized spacial score (nSPS) is 19.9. The maximum Gasteiger partial charge on any atom is 0.303 e. The minimum atomic E-state index is -2.53. The molecule has 0 N–H and O–H groups in total. The van der Waals surface area contributed by atoms with Gasteiger partial charge in [0.05, 0.1) is 25.3 Å². The molecule has 0 rings (SSSR count). The number of carboxylic acids is 1. The van der Waals surface area contributed by atoms with E-state index in [0.717, 1.165) is 6.92 Å². The van der Waals surface area contributed by atoms with Crippen molar-refractivity contribution in [3.05, 3.63) is 0 Å². The number of hydrogen-bond donors (Lipinski definition) is 0. The van der Waals surface area contributed by atoms with E-state index in [4.69, 9.17) is 4.11 Å². The monoisotopic (exact) mass is 206 g/mol. The Kier molecular flexibility index (Phi) is 2.91. The average molecular weight is 206 g/mol. The van der Waals surface area contributed by atoms with Gasteiger partial charge in [-0.1, -0.05) is 0 Å². The molecule has 0 aromatic carbocycles. The van der Waals surface area contributed by atoms with Gasteiger partial charge in [-0.3, -0.25) is 4.79 Å². The number of nitrogens with zero attached hydrogens (tertiary/aromatic N) is 1. The van der Waals surface area contributed by atoms with Crippen molar-refractivity contribution in [2.24, 2.45) is 0 Å². The Morgan fingerprint density at radius 3 is 2.36 bits per heavy atom. The molecule has 5 heteroatoms. The lowest BCUT2D eigenvalue weighted by Gasteiger charge is -2.28. The maximum absolute atomic E-state index is 10.9. The van der Waals surface area contributed by atoms with E-state index < -0.39 is 35.4 Å². The minimum Gasteiger partial charge on any atom is -0.550 e. The third-order valence-electron chi connectivity index (χ3n) is 1.03. The predicted molar refractivity (Wildman–Crippen MR) is 48.1 cm³/mol. The number of quaternary nitrogens is 1. The van der Waals surface area contributed by atoms with Gasteiger partial charge in [0.2, 0.25) is 0 Å². The Hall–Kier alpha value is -1.10. The van der Waals surface area contributed by atoms with Crippen LogP contribution in [0.3, 0.4) is 0 Å². The summed E-state index contributed by atoms with van der Waals surface area (Å²) in [4.78, 5) is 21.5. The van der Waals surface area contributed by atoms with E-state index in [1.165, 1.54) is 21.1 Å². The fourth-order valence-electron chi connectivity index (χ4n) is 0.777. The Labute approximate surface area is 88.1 Å². The van der Waals surface area contributed by atoms with Crippen molar-refractivity contribution >= 4 is 11.9 Å². The van der Waals surface area contributed by atoms with Crippen LogP contribution in [0.1, 0.15) is 17.5 Å². The molecule has 14 heavy (non-hydrogen) atoms. The van der Waals surface area contributed by atoms with Crippen LogP contribution in [0.15, 0.2) is 0 Å². The van der Waals surface area contributed by atoms with Gasteiger partial charge in [-0.05, 0) is 0 Å². The highest BCUT2D eigenvalue weighted by molar-refractivity contribution is 5.68. The summed E-state index contributed by atoms with van der Waals surface area (Å²) in [6.07, 6.45) is -3.56. The lowest BCUT2D eigenvalue weighted by molar-refractivity contribution is -0.873. The molecule has 0 fully saturated rings. The van der Waals surface area contributed by atoms with Crippen LogP contribution in [-0.2, 0) is 14.3 Å². The summed E-state index contributed by atoms with van der Waals surface area (Å²) in [6.45, 7) is -1.41. The van der Waals surface area contributed by atoms with Crippen molar-refractivity contribution in [2.45, 2.75) is 19.4 Å². The average Bonchev–Trinajstić information content (AvgIpc) is 1.97. The van der Waals surface area contributed by atoms with E-state index >= 15 is 0 Å². The molecule has 0 aliphatic rings. The van der Waals surface area contributed by atoms with Crippen LogP contribution in [0.5, 0.6) is 0 Å². The topological polar surface area (TPSA) is 66.4 Å². The summed E-state index contributed by atoms with van der Waals surface area (Å²) in [5, 5.41) is 10.6. The van der Waals surface area contributed by atoms with Crippen LogP contribution in [0, 0.1) is 0 Å². The van der Waals surface area contributed by atoms with E-state index in [-0.39, 0.29) is 0 Å². The van der Waals surface area contributed by atoms with E-state index in [1.807, 2.05) is 0 Å². The van der Waals surface area contributed by atoms with Crippen LogP contribution >= 0.6 is 0 Å². The first-order valence-electron chi connectivity index (χ1n) is 5.54. The number of aliphatic carboxylic acids is 1. The third kappa shape index (κ3) is 7.54. The number of carbonyl (C=O) groups is 2. The van der Waals surface area contributed by atoms with E-state index in [1.54, 1.807) is 0 Å². The number of carbonyl (C=O) groups excluding carboxylic acids is 2. The number of rotatable bonds is 5. The molecule has 1 atom stereocenters. The number of ether oxygens (including phenoxy) is 1. The van der Waals surface area contributed by atoms with Crippen molar-refractivity contribution in [1.29, 1.82) is 0 Å². The van der Waals surface area contributed by atoms with Crippen LogP contribution in [0.2, 0.25) is 0 Å². The van der Waals surface area contributed by atoms with Gasteiger partial charge in [0.1, 0.15) is 6.50 Å². The largest absolute Gasteiger partial charge is 0.550 e. The first kappa shape index (κ1) is 8.23. The highest BCUT2D eigenvalue weighted by atomic mass is 16.5. The second kappa shape index (κ2) is 4.95. The second-order valence-corrected chi connectivity index (χ2v) is 3.69. The highest BCUT2D eigenvalue weighted by Crippen LogP contribution is 2.04. The molecule has 0 aromatic rings. The predicted octanol–water partition coefficient (Wildman–Crippen LogP) is -1.24. The maximum atomic E-state index is 10.9. The molecule has 0 saturated heterocycles. The lowest BCUT2D eigenvalue weighted by Crippen LogP contribution is -2.45. The zero-order valence-corrected chi connectivity index (χ0v) is 8.79. The molecule has 0 aromatic heterocycles. The Balaban J connectivity index is 5.45. The van der Waals surface area contributed by atoms with Crippen molar-refractivity contribution < 1.29 is 28.0 Å². The molecule has 82 valence electrons. The number of carboxylic acid groups (broad SMARTS) is 1. The Morgan fingerprint density at radius 1 is 1.57 bits per heavy atom. The molecule has 0 bridgehead atoms. The number of likely N-dealkylation sites (N-methyl/N-ethyl adjacent to an activating group) is 1. The zero-order chi connectivity index (χ0) is 14.1. The molecule has 0 amide bonds. The smallest absolute Gasteiger partial charge is 0.303 e. The summed E-state index contributed by atoms with van der Waals surface area (Å²) in [5.74, 6) is -2.57. The molecule has 0 unspecified atom stereocenters.